The summed E-state index contributed by atoms with van der Waals surface area (Å²) in [5.74, 6) is -1.48. The van der Waals surface area contributed by atoms with Gasteiger partial charge in [0, 0.05) is 12.1 Å². The van der Waals surface area contributed by atoms with Gasteiger partial charge in [0.05, 0.1) is 17.0 Å². The molecule has 0 radical (unpaired) electrons. The lowest BCUT2D eigenvalue weighted by Crippen LogP contribution is -2.22. The Hall–Kier alpha value is -1.53. The molecule has 1 unspecified atom stereocenters. The summed E-state index contributed by atoms with van der Waals surface area (Å²) in [6.45, 7) is 0.573. The van der Waals surface area contributed by atoms with Gasteiger partial charge in [0.15, 0.2) is 17.3 Å². The predicted molar refractivity (Wildman–Crippen MR) is 61.6 cm³/mol. The average molecular weight is 276 g/mol. The molecule has 1 aliphatic rings. The van der Waals surface area contributed by atoms with E-state index in [9.17, 15) is 9.18 Å². The molecule has 0 spiro atoms. The molecule has 1 atom stereocenters. The van der Waals surface area contributed by atoms with E-state index < -0.39 is 24.2 Å². The van der Waals surface area contributed by atoms with Crippen molar-refractivity contribution in [2.75, 3.05) is 13.2 Å². The van der Waals surface area contributed by atoms with Gasteiger partial charge < -0.3 is 20.3 Å². The monoisotopic (exact) mass is 275 g/mol. The van der Waals surface area contributed by atoms with Gasteiger partial charge in [-0.1, -0.05) is 11.6 Å². The van der Waals surface area contributed by atoms with Gasteiger partial charge in [-0.2, -0.15) is 0 Å². The number of nitrogens with two attached hydrogens (primary N) is 1. The van der Waals surface area contributed by atoms with Crippen molar-refractivity contribution >= 4 is 17.6 Å². The van der Waals surface area contributed by atoms with E-state index in [0.717, 1.165) is 0 Å². The molecular formula is C11H11ClFNO4. The zero-order valence-electron chi connectivity index (χ0n) is 9.28. The third-order valence-electron chi connectivity index (χ3n) is 2.53. The normalized spacial score (nSPS) is 15.3. The van der Waals surface area contributed by atoms with Crippen molar-refractivity contribution in [2.45, 2.75) is 12.5 Å². The largest absolute Gasteiger partial charge is 0.486 e. The van der Waals surface area contributed by atoms with Crippen molar-refractivity contribution < 1.29 is 23.8 Å². The van der Waals surface area contributed by atoms with Crippen molar-refractivity contribution in [3.05, 3.63) is 22.5 Å². The molecule has 0 aliphatic carbocycles. The highest BCUT2D eigenvalue weighted by molar-refractivity contribution is 6.31. The van der Waals surface area contributed by atoms with Crippen molar-refractivity contribution in [1.82, 2.24) is 0 Å². The highest BCUT2D eigenvalue weighted by Gasteiger charge is 2.27. The van der Waals surface area contributed by atoms with E-state index in [1.54, 1.807) is 0 Å². The Morgan fingerprint density at radius 2 is 2.22 bits per heavy atom. The first-order valence-corrected chi connectivity index (χ1v) is 5.63. The van der Waals surface area contributed by atoms with Gasteiger partial charge >= 0.3 is 5.97 Å². The molecule has 0 saturated carbocycles. The number of aliphatic carboxylic acids is 1. The topological polar surface area (TPSA) is 81.8 Å². The Labute approximate surface area is 107 Å². The Kier molecular flexibility index (Phi) is 3.58. The van der Waals surface area contributed by atoms with E-state index in [4.69, 9.17) is 31.9 Å². The summed E-state index contributed by atoms with van der Waals surface area (Å²) < 4.78 is 24.5. The number of benzene rings is 1. The van der Waals surface area contributed by atoms with Gasteiger partial charge in [-0.05, 0) is 0 Å². The molecule has 1 aromatic carbocycles. The number of carboxylic acids is 1. The van der Waals surface area contributed by atoms with Crippen molar-refractivity contribution in [3.63, 3.8) is 0 Å². The Morgan fingerprint density at radius 3 is 2.89 bits per heavy atom. The molecular weight excluding hydrogens is 265 g/mol. The van der Waals surface area contributed by atoms with Crippen LogP contribution < -0.4 is 15.2 Å². The second-order valence-corrected chi connectivity index (χ2v) is 4.22. The zero-order valence-corrected chi connectivity index (χ0v) is 10.0. The fourth-order valence-electron chi connectivity index (χ4n) is 1.78. The molecule has 3 N–H and O–H groups in total. The summed E-state index contributed by atoms with van der Waals surface area (Å²) in [5.41, 5.74) is 5.62. The molecule has 98 valence electrons. The molecule has 1 aliphatic heterocycles. The highest BCUT2D eigenvalue weighted by atomic mass is 35.5. The van der Waals surface area contributed by atoms with Crippen molar-refractivity contribution in [3.8, 4) is 11.5 Å². The van der Waals surface area contributed by atoms with Crippen LogP contribution in [0.1, 0.15) is 18.0 Å². The third kappa shape index (κ3) is 2.34. The number of carbonyl (C=O) groups is 1. The van der Waals surface area contributed by atoms with Gasteiger partial charge in [0.2, 0.25) is 0 Å². The minimum Gasteiger partial charge on any atom is -0.486 e. The maximum absolute atomic E-state index is 13.9. The molecule has 0 bridgehead atoms. The second kappa shape index (κ2) is 4.99. The number of hydrogen-bond acceptors (Lipinski definition) is 4. The highest BCUT2D eigenvalue weighted by Crippen LogP contribution is 2.42. The summed E-state index contributed by atoms with van der Waals surface area (Å²) in [7, 11) is 0. The number of halogens is 2. The lowest BCUT2D eigenvalue weighted by Gasteiger charge is -2.24. The van der Waals surface area contributed by atoms with Crippen LogP contribution in [0, 0.1) is 5.82 Å². The average Bonchev–Trinajstić information content (AvgIpc) is 2.29. The molecule has 5 nitrogen and oxygen atoms in total. The second-order valence-electron chi connectivity index (χ2n) is 3.81. The maximum atomic E-state index is 13.9. The van der Waals surface area contributed by atoms with Crippen molar-refractivity contribution in [1.29, 1.82) is 0 Å². The number of rotatable bonds is 3. The molecule has 0 saturated heterocycles. The van der Waals surface area contributed by atoms with Gasteiger partial charge in [-0.25, -0.2) is 4.39 Å². The number of hydrogen-bond donors (Lipinski definition) is 2. The summed E-state index contributed by atoms with van der Waals surface area (Å²) in [6.07, 6.45) is -0.424. The van der Waals surface area contributed by atoms with Crippen LogP contribution in [0.25, 0.3) is 0 Å². The van der Waals surface area contributed by atoms with Crippen LogP contribution in [0.15, 0.2) is 6.07 Å². The maximum Gasteiger partial charge on any atom is 0.305 e. The predicted octanol–water partition coefficient (Wildman–Crippen LogP) is 1.72. The van der Waals surface area contributed by atoms with Crippen LogP contribution >= 0.6 is 11.6 Å². The standard InChI is InChI=1S/C11H11ClFNO4/c12-5-3-7-11(18-2-1-17-7)9(10(5)13)6(14)4-8(15)16/h3,6H,1-2,4,14H2,(H,15,16). The van der Waals surface area contributed by atoms with E-state index in [0.29, 0.717) is 6.61 Å². The van der Waals surface area contributed by atoms with Gasteiger partial charge in [-0.3, -0.25) is 4.79 Å². The van der Waals surface area contributed by atoms with E-state index in [1.165, 1.54) is 6.07 Å². The smallest absolute Gasteiger partial charge is 0.305 e. The quantitative estimate of drug-likeness (QED) is 0.878. The first-order valence-electron chi connectivity index (χ1n) is 5.25. The van der Waals surface area contributed by atoms with Gasteiger partial charge in [0.25, 0.3) is 0 Å². The number of ether oxygens (including phenoxy) is 2. The minimum absolute atomic E-state index is 0.0559. The Morgan fingerprint density at radius 1 is 1.56 bits per heavy atom. The molecule has 2 rings (SSSR count). The van der Waals surface area contributed by atoms with Crippen LogP contribution in [-0.2, 0) is 4.79 Å². The molecule has 0 aromatic heterocycles. The Bertz CT molecular complexity index is 494. The fourth-order valence-corrected chi connectivity index (χ4v) is 1.98. The molecule has 1 aromatic rings. The van der Waals surface area contributed by atoms with E-state index in [2.05, 4.69) is 0 Å². The molecule has 0 amide bonds. The van der Waals surface area contributed by atoms with E-state index in [-0.39, 0.29) is 28.7 Å². The van der Waals surface area contributed by atoms with Gasteiger partial charge in [-0.15, -0.1) is 0 Å². The molecule has 1 heterocycles. The lowest BCUT2D eigenvalue weighted by molar-refractivity contribution is -0.137. The fraction of sp³-hybridized carbons (Fsp3) is 0.364. The third-order valence-corrected chi connectivity index (χ3v) is 2.80. The van der Waals surface area contributed by atoms with Crippen LogP contribution in [-0.4, -0.2) is 24.3 Å². The number of fused-ring (bicyclic) bond motifs is 1. The summed E-state index contributed by atoms with van der Waals surface area (Å²) >= 11 is 5.72. The SMILES string of the molecule is NC(CC(=O)O)c1c(F)c(Cl)cc2c1OCCO2. The van der Waals surface area contributed by atoms with E-state index in [1.807, 2.05) is 0 Å². The zero-order chi connectivity index (χ0) is 13.3. The van der Waals surface area contributed by atoms with Crippen LogP contribution in [0.3, 0.4) is 0 Å². The summed E-state index contributed by atoms with van der Waals surface area (Å²) in [4.78, 5) is 10.6. The van der Waals surface area contributed by atoms with Gasteiger partial charge in [0.1, 0.15) is 13.2 Å². The van der Waals surface area contributed by atoms with Crippen LogP contribution in [0.4, 0.5) is 4.39 Å². The van der Waals surface area contributed by atoms with Crippen LogP contribution in [0.5, 0.6) is 11.5 Å². The molecule has 0 fully saturated rings. The van der Waals surface area contributed by atoms with E-state index >= 15 is 0 Å². The van der Waals surface area contributed by atoms with Crippen molar-refractivity contribution in [2.24, 2.45) is 5.73 Å². The molecule has 7 heteroatoms. The summed E-state index contributed by atoms with van der Waals surface area (Å²) in [6, 6.07) is 0.249. The first kappa shape index (κ1) is 12.9. The summed E-state index contributed by atoms with van der Waals surface area (Å²) in [5, 5.41) is 8.53. The minimum atomic E-state index is -1.13. The van der Waals surface area contributed by atoms with Crippen LogP contribution in [0.2, 0.25) is 5.02 Å². The molecule has 18 heavy (non-hydrogen) atoms. The Balaban J connectivity index is 2.49. The number of carboxylic acid groups (broad SMARTS) is 1. The lowest BCUT2D eigenvalue weighted by atomic mass is 10.0. The first-order chi connectivity index (χ1) is 8.50.